The lowest BCUT2D eigenvalue weighted by molar-refractivity contribution is -0.132. The molecule has 0 aromatic heterocycles. The fraction of sp³-hybridized carbons (Fsp3) is 0.417. The second kappa shape index (κ2) is 11.3. The van der Waals surface area contributed by atoms with E-state index in [-0.39, 0.29) is 17.9 Å². The highest BCUT2D eigenvalue weighted by atomic mass is 35.5. The van der Waals surface area contributed by atoms with Gasteiger partial charge < -0.3 is 19.5 Å². The van der Waals surface area contributed by atoms with Crippen LogP contribution in [-0.2, 0) is 14.3 Å². The van der Waals surface area contributed by atoms with Crippen LogP contribution in [0.15, 0.2) is 48.5 Å². The molecule has 1 amide bonds. The van der Waals surface area contributed by atoms with E-state index in [2.05, 4.69) is 10.6 Å². The van der Waals surface area contributed by atoms with E-state index < -0.39 is 5.54 Å². The Bertz CT molecular complexity index is 896. The van der Waals surface area contributed by atoms with E-state index in [1.54, 1.807) is 24.3 Å². The van der Waals surface area contributed by atoms with Crippen LogP contribution < -0.4 is 15.4 Å². The molecule has 1 fully saturated rings. The van der Waals surface area contributed by atoms with E-state index in [1.807, 2.05) is 31.2 Å². The first-order valence-corrected chi connectivity index (χ1v) is 11.0. The van der Waals surface area contributed by atoms with Crippen LogP contribution in [0, 0.1) is 0 Å². The van der Waals surface area contributed by atoms with Gasteiger partial charge in [0.2, 0.25) is 5.91 Å². The number of carbonyl (C=O) groups excluding carboxylic acids is 2. The van der Waals surface area contributed by atoms with E-state index in [9.17, 15) is 9.59 Å². The molecule has 1 atom stereocenters. The number of hydrogen-bond acceptors (Lipinski definition) is 6. The number of esters is 1. The summed E-state index contributed by atoms with van der Waals surface area (Å²) in [6.07, 6.45) is 1.15. The van der Waals surface area contributed by atoms with E-state index in [0.717, 1.165) is 11.3 Å². The molecule has 3 rings (SSSR count). The third-order valence-electron chi connectivity index (χ3n) is 5.61. The molecule has 0 aliphatic carbocycles. The average molecular weight is 461 g/mol. The second-order valence-corrected chi connectivity index (χ2v) is 8.17. The fourth-order valence-corrected chi connectivity index (χ4v) is 3.76. The van der Waals surface area contributed by atoms with Gasteiger partial charge in [0, 0.05) is 24.8 Å². The standard InChI is InChI=1S/C24H29ClN2O5/c1-17(18-3-5-19(6-4-18)22(28)30-2)27-23(29)24(11-14-31-15-12-24)26-13-16-32-21-9-7-20(25)8-10-21/h3-10,17,26H,11-16H2,1-2H3,(H,27,29). The first-order chi connectivity index (χ1) is 15.4. The van der Waals surface area contributed by atoms with Crippen LogP contribution in [0.2, 0.25) is 5.02 Å². The third-order valence-corrected chi connectivity index (χ3v) is 5.86. The minimum atomic E-state index is -0.720. The molecule has 172 valence electrons. The van der Waals surface area contributed by atoms with Gasteiger partial charge in [0.05, 0.1) is 18.7 Å². The summed E-state index contributed by atoms with van der Waals surface area (Å²) in [5.74, 6) is 0.266. The van der Waals surface area contributed by atoms with Crippen LogP contribution in [0.3, 0.4) is 0 Å². The zero-order valence-electron chi connectivity index (χ0n) is 18.4. The van der Waals surface area contributed by atoms with Gasteiger partial charge in [0.25, 0.3) is 0 Å². The number of benzene rings is 2. The topological polar surface area (TPSA) is 85.9 Å². The van der Waals surface area contributed by atoms with Crippen LogP contribution >= 0.6 is 11.6 Å². The molecule has 2 N–H and O–H groups in total. The maximum Gasteiger partial charge on any atom is 0.337 e. The number of hydrogen-bond donors (Lipinski definition) is 2. The van der Waals surface area contributed by atoms with Gasteiger partial charge in [-0.25, -0.2) is 4.79 Å². The van der Waals surface area contributed by atoms with Crippen LogP contribution in [0.1, 0.15) is 41.7 Å². The fourth-order valence-electron chi connectivity index (χ4n) is 3.64. The highest BCUT2D eigenvalue weighted by Gasteiger charge is 2.40. The summed E-state index contributed by atoms with van der Waals surface area (Å²) in [6, 6.07) is 14.0. The Labute approximate surface area is 193 Å². The summed E-state index contributed by atoms with van der Waals surface area (Å²) in [4.78, 5) is 24.9. The minimum Gasteiger partial charge on any atom is -0.492 e. The van der Waals surface area contributed by atoms with Gasteiger partial charge in [-0.2, -0.15) is 0 Å². The highest BCUT2D eigenvalue weighted by molar-refractivity contribution is 6.30. The number of amides is 1. The molecule has 1 saturated heterocycles. The summed E-state index contributed by atoms with van der Waals surface area (Å²) in [6.45, 7) is 3.88. The van der Waals surface area contributed by atoms with Crippen molar-refractivity contribution in [2.75, 3.05) is 33.5 Å². The molecule has 0 bridgehead atoms. The molecule has 8 heteroatoms. The molecule has 1 aliphatic rings. The molecule has 0 saturated carbocycles. The number of halogens is 1. The summed E-state index contributed by atoms with van der Waals surface area (Å²) < 4.78 is 16.0. The predicted molar refractivity (Wildman–Crippen MR) is 122 cm³/mol. The van der Waals surface area contributed by atoms with Gasteiger partial charge >= 0.3 is 5.97 Å². The Morgan fingerprint density at radius 1 is 1.09 bits per heavy atom. The number of carbonyl (C=O) groups is 2. The Balaban J connectivity index is 1.58. The van der Waals surface area contributed by atoms with Crippen LogP contribution in [-0.4, -0.2) is 50.9 Å². The molecule has 2 aromatic rings. The lowest BCUT2D eigenvalue weighted by Crippen LogP contribution is -2.60. The molecular weight excluding hydrogens is 432 g/mol. The SMILES string of the molecule is COC(=O)c1ccc(C(C)NC(=O)C2(NCCOc3ccc(Cl)cc3)CCOCC2)cc1. The molecule has 32 heavy (non-hydrogen) atoms. The Morgan fingerprint density at radius 2 is 1.75 bits per heavy atom. The highest BCUT2D eigenvalue weighted by Crippen LogP contribution is 2.23. The van der Waals surface area contributed by atoms with E-state index in [4.69, 9.17) is 25.8 Å². The molecular formula is C24H29ClN2O5. The first kappa shape index (κ1) is 24.0. The van der Waals surface area contributed by atoms with Crippen LogP contribution in [0.4, 0.5) is 0 Å². The van der Waals surface area contributed by atoms with E-state index >= 15 is 0 Å². The zero-order valence-corrected chi connectivity index (χ0v) is 19.1. The van der Waals surface area contributed by atoms with Crippen molar-refractivity contribution in [1.29, 1.82) is 0 Å². The summed E-state index contributed by atoms with van der Waals surface area (Å²) in [7, 11) is 1.35. The molecule has 7 nitrogen and oxygen atoms in total. The molecule has 1 unspecified atom stereocenters. The van der Waals surface area contributed by atoms with Crippen molar-refractivity contribution < 1.29 is 23.8 Å². The summed E-state index contributed by atoms with van der Waals surface area (Å²) in [5, 5.41) is 7.16. The van der Waals surface area contributed by atoms with Gasteiger partial charge in [-0.05, 0) is 61.7 Å². The Hall–Kier alpha value is -2.61. The van der Waals surface area contributed by atoms with Crippen molar-refractivity contribution in [3.8, 4) is 5.75 Å². The zero-order chi connectivity index (χ0) is 23.0. The third kappa shape index (κ3) is 6.22. The monoisotopic (exact) mass is 460 g/mol. The van der Waals surface area contributed by atoms with Crippen molar-refractivity contribution in [3.05, 3.63) is 64.7 Å². The van der Waals surface area contributed by atoms with Gasteiger partial charge in [0.15, 0.2) is 0 Å². The van der Waals surface area contributed by atoms with Crippen molar-refractivity contribution in [1.82, 2.24) is 10.6 Å². The predicted octanol–water partition coefficient (Wildman–Crippen LogP) is 3.52. The smallest absolute Gasteiger partial charge is 0.337 e. The van der Waals surface area contributed by atoms with Crippen molar-refractivity contribution in [3.63, 3.8) is 0 Å². The van der Waals surface area contributed by atoms with Gasteiger partial charge in [-0.1, -0.05) is 23.7 Å². The maximum absolute atomic E-state index is 13.3. The Kier molecular flexibility index (Phi) is 8.50. The van der Waals surface area contributed by atoms with Gasteiger partial charge in [-0.15, -0.1) is 0 Å². The number of nitrogens with one attached hydrogen (secondary N) is 2. The number of rotatable bonds is 9. The Morgan fingerprint density at radius 3 is 2.38 bits per heavy atom. The molecule has 0 radical (unpaired) electrons. The van der Waals surface area contributed by atoms with Gasteiger partial charge in [-0.3, -0.25) is 10.1 Å². The number of ether oxygens (including phenoxy) is 3. The lowest BCUT2D eigenvalue weighted by atomic mass is 9.88. The molecule has 1 heterocycles. The van der Waals surface area contributed by atoms with Crippen LogP contribution in [0.5, 0.6) is 5.75 Å². The average Bonchev–Trinajstić information content (AvgIpc) is 2.83. The van der Waals surface area contributed by atoms with Gasteiger partial charge in [0.1, 0.15) is 17.9 Å². The van der Waals surface area contributed by atoms with Crippen LogP contribution in [0.25, 0.3) is 0 Å². The van der Waals surface area contributed by atoms with Crippen molar-refractivity contribution in [2.45, 2.75) is 31.3 Å². The largest absolute Gasteiger partial charge is 0.492 e. The summed E-state index contributed by atoms with van der Waals surface area (Å²) >= 11 is 5.90. The first-order valence-electron chi connectivity index (χ1n) is 10.6. The maximum atomic E-state index is 13.3. The second-order valence-electron chi connectivity index (χ2n) is 7.73. The van der Waals surface area contributed by atoms with Crippen molar-refractivity contribution in [2.24, 2.45) is 0 Å². The number of methoxy groups -OCH3 is 1. The molecule has 0 spiro atoms. The van der Waals surface area contributed by atoms with E-state index in [1.165, 1.54) is 7.11 Å². The molecule has 1 aliphatic heterocycles. The van der Waals surface area contributed by atoms with Crippen molar-refractivity contribution >= 4 is 23.5 Å². The summed E-state index contributed by atoms with van der Waals surface area (Å²) in [5.41, 5.74) is 0.652. The van der Waals surface area contributed by atoms with E-state index in [0.29, 0.717) is 49.8 Å². The lowest BCUT2D eigenvalue weighted by Gasteiger charge is -2.37. The minimum absolute atomic E-state index is 0.0724. The normalized spacial score (nSPS) is 16.1. The molecule has 2 aromatic carbocycles. The quantitative estimate of drug-likeness (QED) is 0.440.